The summed E-state index contributed by atoms with van der Waals surface area (Å²) in [6.07, 6.45) is 2.49. The zero-order valence-electron chi connectivity index (χ0n) is 12.7. The first-order valence-corrected chi connectivity index (χ1v) is 8.46. The van der Waals surface area contributed by atoms with E-state index in [1.807, 2.05) is 54.8 Å². The Morgan fingerprint density at radius 2 is 2.09 bits per heavy atom. The van der Waals surface area contributed by atoms with Crippen molar-refractivity contribution in [2.45, 2.75) is 19.3 Å². The molecule has 1 aromatic carbocycles. The normalized spacial score (nSPS) is 19.5. The van der Waals surface area contributed by atoms with Gasteiger partial charge < -0.3 is 4.42 Å². The van der Waals surface area contributed by atoms with Crippen LogP contribution in [0, 0.1) is 12.8 Å². The summed E-state index contributed by atoms with van der Waals surface area (Å²) in [5.41, 5.74) is 1.79. The van der Waals surface area contributed by atoms with Gasteiger partial charge in [0.15, 0.2) is 5.13 Å². The van der Waals surface area contributed by atoms with Crippen LogP contribution in [0.25, 0.3) is 0 Å². The molecule has 0 aliphatic heterocycles. The van der Waals surface area contributed by atoms with E-state index < -0.39 is 0 Å². The minimum absolute atomic E-state index is 0.0365. The molecule has 23 heavy (non-hydrogen) atoms. The smallest absolute Gasteiger partial charge is 0.237 e. The summed E-state index contributed by atoms with van der Waals surface area (Å²) in [7, 11) is 0. The largest absolute Gasteiger partial charge is 0.469 e. The second-order valence-corrected chi connectivity index (χ2v) is 6.58. The molecule has 1 saturated carbocycles. The fourth-order valence-corrected chi connectivity index (χ4v) is 3.63. The second kappa shape index (κ2) is 5.66. The van der Waals surface area contributed by atoms with Gasteiger partial charge in [-0.05, 0) is 37.6 Å². The van der Waals surface area contributed by atoms with Gasteiger partial charge in [-0.25, -0.2) is 4.98 Å². The molecule has 5 heteroatoms. The van der Waals surface area contributed by atoms with E-state index in [1.165, 1.54) is 11.3 Å². The number of thiazole rings is 1. The van der Waals surface area contributed by atoms with Gasteiger partial charge in [-0.2, -0.15) is 0 Å². The first-order valence-electron chi connectivity index (χ1n) is 7.58. The van der Waals surface area contributed by atoms with Crippen molar-refractivity contribution in [1.29, 1.82) is 0 Å². The van der Waals surface area contributed by atoms with E-state index in [0.29, 0.717) is 0 Å². The number of furan rings is 1. The Labute approximate surface area is 138 Å². The zero-order chi connectivity index (χ0) is 15.8. The first-order chi connectivity index (χ1) is 11.2. The molecule has 0 spiro atoms. The monoisotopic (exact) mass is 324 g/mol. The maximum Gasteiger partial charge on any atom is 0.237 e. The van der Waals surface area contributed by atoms with Crippen LogP contribution < -0.4 is 4.90 Å². The summed E-state index contributed by atoms with van der Waals surface area (Å²) in [5, 5.41) is 2.69. The van der Waals surface area contributed by atoms with Gasteiger partial charge in [0.2, 0.25) is 5.91 Å². The maximum absolute atomic E-state index is 13.1. The lowest BCUT2D eigenvalue weighted by Crippen LogP contribution is -2.27. The van der Waals surface area contributed by atoms with Crippen LogP contribution >= 0.6 is 11.3 Å². The Morgan fingerprint density at radius 3 is 2.74 bits per heavy atom. The standard InChI is InChI=1S/C18H16N2O2S/c1-12-11-23-18(19-12)20(13-6-3-2-4-7-13)17(21)15-10-14(15)16-8-5-9-22-16/h2-9,11,14-15H,10H2,1H3. The molecule has 0 saturated heterocycles. The minimum Gasteiger partial charge on any atom is -0.469 e. The molecule has 4 nitrogen and oxygen atoms in total. The van der Waals surface area contributed by atoms with Crippen molar-refractivity contribution in [1.82, 2.24) is 4.98 Å². The molecule has 4 rings (SSSR count). The molecule has 2 unspecified atom stereocenters. The SMILES string of the molecule is Cc1csc(N(C(=O)C2CC2c2ccco2)c2ccccc2)n1. The third kappa shape index (κ3) is 2.68. The zero-order valence-corrected chi connectivity index (χ0v) is 13.5. The van der Waals surface area contributed by atoms with E-state index in [1.54, 1.807) is 11.2 Å². The molecule has 1 aliphatic carbocycles. The number of carbonyl (C=O) groups is 1. The van der Waals surface area contributed by atoms with E-state index in [9.17, 15) is 4.79 Å². The molecule has 116 valence electrons. The van der Waals surface area contributed by atoms with E-state index in [4.69, 9.17) is 4.42 Å². The highest BCUT2D eigenvalue weighted by atomic mass is 32.1. The molecule has 1 amide bonds. The van der Waals surface area contributed by atoms with Crippen molar-refractivity contribution < 1.29 is 9.21 Å². The summed E-state index contributed by atoms with van der Waals surface area (Å²) >= 11 is 1.50. The predicted octanol–water partition coefficient (Wildman–Crippen LogP) is 4.51. The van der Waals surface area contributed by atoms with E-state index in [2.05, 4.69) is 4.98 Å². The number of aromatic nitrogens is 1. The number of benzene rings is 1. The van der Waals surface area contributed by atoms with Crippen LogP contribution in [-0.4, -0.2) is 10.9 Å². The lowest BCUT2D eigenvalue weighted by Gasteiger charge is -2.20. The number of hydrogen-bond acceptors (Lipinski definition) is 4. The third-order valence-corrected chi connectivity index (χ3v) is 4.99. The molecule has 0 N–H and O–H groups in total. The number of para-hydroxylation sites is 1. The number of amides is 1. The Bertz CT molecular complexity index is 811. The van der Waals surface area contributed by atoms with Gasteiger partial charge in [0.25, 0.3) is 0 Å². The lowest BCUT2D eigenvalue weighted by atomic mass is 10.2. The fraction of sp³-hybridized carbons (Fsp3) is 0.222. The molecule has 0 radical (unpaired) electrons. The van der Waals surface area contributed by atoms with Gasteiger partial charge in [-0.3, -0.25) is 9.69 Å². The van der Waals surface area contributed by atoms with Crippen LogP contribution in [0.4, 0.5) is 10.8 Å². The molecule has 2 aromatic heterocycles. The van der Waals surface area contributed by atoms with Gasteiger partial charge in [0, 0.05) is 17.2 Å². The van der Waals surface area contributed by atoms with Crippen molar-refractivity contribution in [2.24, 2.45) is 5.92 Å². The van der Waals surface area contributed by atoms with Gasteiger partial charge >= 0.3 is 0 Å². The van der Waals surface area contributed by atoms with Gasteiger partial charge in [0.1, 0.15) is 5.76 Å². The van der Waals surface area contributed by atoms with Crippen LogP contribution in [0.3, 0.4) is 0 Å². The van der Waals surface area contributed by atoms with Crippen LogP contribution in [0.1, 0.15) is 23.8 Å². The summed E-state index contributed by atoms with van der Waals surface area (Å²) in [4.78, 5) is 19.3. The average molecular weight is 324 g/mol. The number of carbonyl (C=O) groups excluding carboxylic acids is 1. The predicted molar refractivity (Wildman–Crippen MR) is 90.0 cm³/mol. The number of nitrogens with zero attached hydrogens (tertiary/aromatic N) is 2. The van der Waals surface area contributed by atoms with Crippen LogP contribution in [-0.2, 0) is 4.79 Å². The third-order valence-electron chi connectivity index (χ3n) is 4.05. The topological polar surface area (TPSA) is 46.3 Å². The van der Waals surface area contributed by atoms with Crippen molar-refractivity contribution in [3.63, 3.8) is 0 Å². The molecular weight excluding hydrogens is 308 g/mol. The number of rotatable bonds is 4. The van der Waals surface area contributed by atoms with Crippen LogP contribution in [0.15, 0.2) is 58.5 Å². The summed E-state index contributed by atoms with van der Waals surface area (Å²) in [6, 6.07) is 13.5. The summed E-state index contributed by atoms with van der Waals surface area (Å²) in [5.74, 6) is 1.13. The van der Waals surface area contributed by atoms with Crippen molar-refractivity contribution in [3.05, 3.63) is 65.6 Å². The number of hydrogen-bond donors (Lipinski definition) is 0. The van der Waals surface area contributed by atoms with Crippen LogP contribution in [0.2, 0.25) is 0 Å². The summed E-state index contributed by atoms with van der Waals surface area (Å²) < 4.78 is 5.45. The Hall–Kier alpha value is -2.40. The number of anilines is 2. The van der Waals surface area contributed by atoms with E-state index >= 15 is 0 Å². The lowest BCUT2D eigenvalue weighted by molar-refractivity contribution is -0.119. The highest BCUT2D eigenvalue weighted by Gasteiger charge is 2.48. The highest BCUT2D eigenvalue weighted by molar-refractivity contribution is 7.14. The van der Waals surface area contributed by atoms with Gasteiger partial charge in [0.05, 0.1) is 17.6 Å². The van der Waals surface area contributed by atoms with Crippen LogP contribution in [0.5, 0.6) is 0 Å². The maximum atomic E-state index is 13.1. The second-order valence-electron chi connectivity index (χ2n) is 5.74. The molecule has 2 heterocycles. The first kappa shape index (κ1) is 14.2. The molecule has 0 bridgehead atoms. The average Bonchev–Trinajstić information content (AvgIpc) is 2.96. The highest BCUT2D eigenvalue weighted by Crippen LogP contribution is 2.50. The Kier molecular flexibility index (Phi) is 3.50. The minimum atomic E-state index is -0.0365. The summed E-state index contributed by atoms with van der Waals surface area (Å²) in [6.45, 7) is 1.94. The molecule has 3 aromatic rings. The van der Waals surface area contributed by atoms with Crippen molar-refractivity contribution in [3.8, 4) is 0 Å². The van der Waals surface area contributed by atoms with Crippen molar-refractivity contribution >= 4 is 28.1 Å². The molecule has 1 fully saturated rings. The Morgan fingerprint density at radius 1 is 1.26 bits per heavy atom. The van der Waals surface area contributed by atoms with Gasteiger partial charge in [-0.1, -0.05) is 18.2 Å². The number of aryl methyl sites for hydroxylation is 1. The Balaban J connectivity index is 1.65. The van der Waals surface area contributed by atoms with E-state index in [0.717, 1.165) is 28.7 Å². The molecule has 2 atom stereocenters. The van der Waals surface area contributed by atoms with Gasteiger partial charge in [-0.15, -0.1) is 11.3 Å². The molecule has 1 aliphatic rings. The fourth-order valence-electron chi connectivity index (χ4n) is 2.80. The van der Waals surface area contributed by atoms with E-state index in [-0.39, 0.29) is 17.7 Å². The molecular formula is C18H16N2O2S. The van der Waals surface area contributed by atoms with Crippen molar-refractivity contribution in [2.75, 3.05) is 4.90 Å². The quantitative estimate of drug-likeness (QED) is 0.709.